The van der Waals surface area contributed by atoms with Gasteiger partial charge in [0.05, 0.1) is 13.2 Å². The van der Waals surface area contributed by atoms with Crippen LogP contribution >= 0.6 is 0 Å². The van der Waals surface area contributed by atoms with E-state index >= 15 is 0 Å². The molecule has 0 fully saturated rings. The van der Waals surface area contributed by atoms with E-state index in [1.54, 1.807) is 17.3 Å². The van der Waals surface area contributed by atoms with Crippen molar-refractivity contribution in [2.24, 2.45) is 10.7 Å². The van der Waals surface area contributed by atoms with Crippen molar-refractivity contribution < 1.29 is 5.11 Å². The molecule has 3 N–H and O–H groups in total. The number of rotatable bonds is 3. The predicted octanol–water partition coefficient (Wildman–Crippen LogP) is -1.36. The van der Waals surface area contributed by atoms with Gasteiger partial charge in [0.2, 0.25) is 0 Å². The van der Waals surface area contributed by atoms with Gasteiger partial charge in [0.25, 0.3) is 0 Å². The fourth-order valence-corrected chi connectivity index (χ4v) is 0.681. The Labute approximate surface area is 65.2 Å². The number of aliphatic hydroxyl groups is 1. The normalized spacial score (nSPS) is 16.8. The Hall–Kier alpha value is -1.07. The third-order valence-corrected chi connectivity index (χ3v) is 1.20. The molecule has 5 heteroatoms. The molecule has 5 nitrogen and oxygen atoms in total. The summed E-state index contributed by atoms with van der Waals surface area (Å²) in [5, 5.41) is 10.1. The highest BCUT2D eigenvalue weighted by molar-refractivity contribution is 5.91. The maximum atomic E-state index is 8.44. The zero-order valence-corrected chi connectivity index (χ0v) is 6.14. The molecule has 0 aromatic heterocycles. The highest BCUT2D eigenvalue weighted by Crippen LogP contribution is 1.93. The van der Waals surface area contributed by atoms with Crippen molar-refractivity contribution in [1.82, 2.24) is 10.4 Å². The van der Waals surface area contributed by atoms with Gasteiger partial charge in [0.15, 0.2) is 0 Å². The van der Waals surface area contributed by atoms with Gasteiger partial charge in [0, 0.05) is 6.20 Å². The van der Waals surface area contributed by atoms with Crippen LogP contribution in [0, 0.1) is 0 Å². The molecule has 1 aliphatic rings. The van der Waals surface area contributed by atoms with E-state index in [9.17, 15) is 0 Å². The van der Waals surface area contributed by atoms with E-state index in [1.165, 1.54) is 0 Å². The SMILES string of the molecule is NC1=NCN([N]CCO)C=C1. The third kappa shape index (κ3) is 2.57. The van der Waals surface area contributed by atoms with Crippen LogP contribution in [0.5, 0.6) is 0 Å². The van der Waals surface area contributed by atoms with Crippen molar-refractivity contribution in [3.63, 3.8) is 0 Å². The van der Waals surface area contributed by atoms with E-state index in [0.29, 0.717) is 19.0 Å². The largest absolute Gasteiger partial charge is 0.395 e. The molecule has 0 bridgehead atoms. The minimum atomic E-state index is 0.0591. The van der Waals surface area contributed by atoms with E-state index in [2.05, 4.69) is 10.4 Å². The lowest BCUT2D eigenvalue weighted by Crippen LogP contribution is -2.32. The van der Waals surface area contributed by atoms with Gasteiger partial charge in [-0.1, -0.05) is 0 Å². The summed E-state index contributed by atoms with van der Waals surface area (Å²) in [5.74, 6) is 0.514. The summed E-state index contributed by atoms with van der Waals surface area (Å²) < 4.78 is 0. The molecule has 0 spiro atoms. The molecular weight excluding hydrogens is 144 g/mol. The molecule has 0 aromatic rings. The highest BCUT2D eigenvalue weighted by Gasteiger charge is 2.02. The molecule has 0 aromatic carbocycles. The smallest absolute Gasteiger partial charge is 0.128 e. The topological polar surface area (TPSA) is 76.0 Å². The van der Waals surface area contributed by atoms with Gasteiger partial charge in [0.1, 0.15) is 12.5 Å². The molecule has 61 valence electrons. The summed E-state index contributed by atoms with van der Waals surface area (Å²) in [5.41, 5.74) is 9.34. The van der Waals surface area contributed by atoms with Gasteiger partial charge in [-0.2, -0.15) is 0 Å². The summed E-state index contributed by atoms with van der Waals surface area (Å²) in [4.78, 5) is 3.92. The van der Waals surface area contributed by atoms with E-state index in [4.69, 9.17) is 10.8 Å². The molecule has 1 aliphatic heterocycles. The summed E-state index contributed by atoms with van der Waals surface area (Å²) in [6, 6.07) is 0. The Morgan fingerprint density at radius 2 is 2.64 bits per heavy atom. The molecule has 1 heterocycles. The minimum absolute atomic E-state index is 0.0591. The van der Waals surface area contributed by atoms with Gasteiger partial charge < -0.3 is 10.8 Å². The first-order valence-corrected chi connectivity index (χ1v) is 3.36. The number of aliphatic hydroxyl groups excluding tert-OH is 1. The number of amidine groups is 1. The van der Waals surface area contributed by atoms with E-state index < -0.39 is 0 Å². The second kappa shape index (κ2) is 3.95. The van der Waals surface area contributed by atoms with Crippen LogP contribution in [0.2, 0.25) is 0 Å². The fourth-order valence-electron chi connectivity index (χ4n) is 0.681. The Kier molecular flexibility index (Phi) is 2.88. The van der Waals surface area contributed by atoms with E-state index in [-0.39, 0.29) is 6.61 Å². The molecule has 0 amide bonds. The molecule has 1 radical (unpaired) electrons. The summed E-state index contributed by atoms with van der Waals surface area (Å²) in [7, 11) is 0. The fraction of sp³-hybridized carbons (Fsp3) is 0.500. The number of nitrogens with zero attached hydrogens (tertiary/aromatic N) is 3. The molecule has 11 heavy (non-hydrogen) atoms. The van der Waals surface area contributed by atoms with Crippen LogP contribution in [0.4, 0.5) is 0 Å². The van der Waals surface area contributed by atoms with Crippen molar-refractivity contribution in [3.05, 3.63) is 12.3 Å². The average Bonchev–Trinajstić information content (AvgIpc) is 2.04. The van der Waals surface area contributed by atoms with Crippen LogP contribution in [0.15, 0.2) is 17.3 Å². The van der Waals surface area contributed by atoms with Crippen LogP contribution in [0.25, 0.3) is 0 Å². The Morgan fingerprint density at radius 1 is 1.82 bits per heavy atom. The monoisotopic (exact) mass is 155 g/mol. The molecule has 0 atom stereocenters. The summed E-state index contributed by atoms with van der Waals surface area (Å²) in [6.07, 6.45) is 3.41. The molecular formula is C6H11N4O. The molecule has 0 unspecified atom stereocenters. The van der Waals surface area contributed by atoms with Crippen LogP contribution in [0.3, 0.4) is 0 Å². The maximum absolute atomic E-state index is 8.44. The quantitative estimate of drug-likeness (QED) is 0.528. The number of hydrogen-bond donors (Lipinski definition) is 2. The molecule has 0 saturated carbocycles. The van der Waals surface area contributed by atoms with Crippen LogP contribution < -0.4 is 11.2 Å². The van der Waals surface area contributed by atoms with E-state index in [1.807, 2.05) is 0 Å². The Morgan fingerprint density at radius 3 is 3.18 bits per heavy atom. The lowest BCUT2D eigenvalue weighted by Gasteiger charge is -2.18. The second-order valence-corrected chi connectivity index (χ2v) is 2.07. The number of aliphatic imine (C=N–C) groups is 1. The average molecular weight is 155 g/mol. The van der Waals surface area contributed by atoms with Crippen molar-refractivity contribution in [2.45, 2.75) is 0 Å². The van der Waals surface area contributed by atoms with Crippen molar-refractivity contribution in [3.8, 4) is 0 Å². The van der Waals surface area contributed by atoms with Gasteiger partial charge >= 0.3 is 0 Å². The van der Waals surface area contributed by atoms with Gasteiger partial charge in [-0.25, -0.2) is 4.99 Å². The van der Waals surface area contributed by atoms with Crippen LogP contribution in [0.1, 0.15) is 0 Å². The van der Waals surface area contributed by atoms with Crippen molar-refractivity contribution >= 4 is 5.84 Å². The first-order valence-electron chi connectivity index (χ1n) is 3.36. The first-order chi connectivity index (χ1) is 5.33. The summed E-state index contributed by atoms with van der Waals surface area (Å²) >= 11 is 0. The number of hydrogen-bond acceptors (Lipinski definition) is 4. The maximum Gasteiger partial charge on any atom is 0.128 e. The number of nitrogens with two attached hydrogens (primary N) is 1. The lowest BCUT2D eigenvalue weighted by molar-refractivity contribution is 0.213. The zero-order valence-electron chi connectivity index (χ0n) is 6.14. The molecule has 0 aliphatic carbocycles. The van der Waals surface area contributed by atoms with Crippen molar-refractivity contribution in [1.29, 1.82) is 0 Å². The van der Waals surface area contributed by atoms with Crippen LogP contribution in [-0.4, -0.2) is 35.8 Å². The standard InChI is InChI=1S/C6H11N4O/c7-6-1-3-10(5-8-6)9-2-4-11/h1,3,11H,2,4-5H2,(H2,7,8). The van der Waals surface area contributed by atoms with Gasteiger partial charge in [-0.15, -0.1) is 5.43 Å². The molecule has 1 rings (SSSR count). The van der Waals surface area contributed by atoms with E-state index in [0.717, 1.165) is 0 Å². The third-order valence-electron chi connectivity index (χ3n) is 1.20. The second-order valence-electron chi connectivity index (χ2n) is 2.07. The minimum Gasteiger partial charge on any atom is -0.395 e. The van der Waals surface area contributed by atoms with Gasteiger partial charge in [-0.3, -0.25) is 5.01 Å². The first kappa shape index (κ1) is 8.03. The van der Waals surface area contributed by atoms with Crippen molar-refractivity contribution in [2.75, 3.05) is 19.8 Å². The highest BCUT2D eigenvalue weighted by atomic mass is 16.3. The Balaban J connectivity index is 2.25. The summed E-state index contributed by atoms with van der Waals surface area (Å²) in [6.45, 7) is 0.908. The van der Waals surface area contributed by atoms with Gasteiger partial charge in [-0.05, 0) is 6.08 Å². The predicted molar refractivity (Wildman–Crippen MR) is 41.6 cm³/mol. The lowest BCUT2D eigenvalue weighted by atomic mass is 10.5. The molecule has 0 saturated heterocycles. The zero-order chi connectivity index (χ0) is 8.10. The Bertz CT molecular complexity index is 177. The van der Waals surface area contributed by atoms with Crippen LogP contribution in [-0.2, 0) is 0 Å².